The summed E-state index contributed by atoms with van der Waals surface area (Å²) in [7, 11) is 1.54. The first kappa shape index (κ1) is 28.5. The van der Waals surface area contributed by atoms with Gasteiger partial charge < -0.3 is 23.8 Å². The van der Waals surface area contributed by atoms with Crippen LogP contribution in [0.4, 0.5) is 20.7 Å². The fourth-order valence-corrected chi connectivity index (χ4v) is 5.67. The van der Waals surface area contributed by atoms with Crippen LogP contribution in [-0.4, -0.2) is 72.2 Å². The molecule has 1 atom stereocenters. The van der Waals surface area contributed by atoms with Crippen LogP contribution in [0.2, 0.25) is 0 Å². The highest BCUT2D eigenvalue weighted by Gasteiger charge is 2.18. The Balaban J connectivity index is 1.10. The molecule has 2 aromatic carbocycles. The van der Waals surface area contributed by atoms with E-state index in [4.69, 9.17) is 18.9 Å². The zero-order chi connectivity index (χ0) is 29.9. The SMILES string of the molecule is COc1cnc2c(-c3nc4cc(F)c(O[C@@H](C)COC(=O)Nc5ccc(N6CCOCC6)nc5)cc4s3)cc(C)cc2n1. The third-order valence-corrected chi connectivity index (χ3v) is 7.81. The Morgan fingerprint density at radius 1 is 1.12 bits per heavy atom. The second-order valence-electron chi connectivity index (χ2n) is 10.0. The number of amides is 1. The van der Waals surface area contributed by atoms with E-state index < -0.39 is 18.0 Å². The number of nitrogens with one attached hydrogen (secondary N) is 1. The van der Waals surface area contributed by atoms with E-state index in [1.165, 1.54) is 17.4 Å². The topological polar surface area (TPSA) is 121 Å². The lowest BCUT2D eigenvalue weighted by molar-refractivity contribution is 0.0969. The number of hydrogen-bond donors (Lipinski definition) is 1. The van der Waals surface area contributed by atoms with E-state index >= 15 is 4.39 Å². The van der Waals surface area contributed by atoms with Gasteiger partial charge in [-0.15, -0.1) is 11.3 Å². The Morgan fingerprint density at radius 3 is 2.72 bits per heavy atom. The largest absolute Gasteiger partial charge is 0.484 e. The number of nitrogens with zero attached hydrogens (tertiary/aromatic N) is 5. The fraction of sp³-hybridized carbons (Fsp3) is 0.300. The number of aryl methyl sites for hydroxylation is 1. The van der Waals surface area contributed by atoms with Crippen LogP contribution in [0.15, 0.2) is 48.8 Å². The van der Waals surface area contributed by atoms with E-state index in [0.29, 0.717) is 46.3 Å². The number of methoxy groups -OCH3 is 1. The highest BCUT2D eigenvalue weighted by molar-refractivity contribution is 7.21. The zero-order valence-electron chi connectivity index (χ0n) is 23.8. The van der Waals surface area contributed by atoms with Crippen LogP contribution in [0, 0.1) is 12.7 Å². The van der Waals surface area contributed by atoms with Gasteiger partial charge in [0.05, 0.1) is 59.7 Å². The number of carbonyl (C=O) groups is 1. The van der Waals surface area contributed by atoms with Gasteiger partial charge in [-0.1, -0.05) is 0 Å². The van der Waals surface area contributed by atoms with E-state index in [9.17, 15) is 4.79 Å². The van der Waals surface area contributed by atoms with Gasteiger partial charge in [0.15, 0.2) is 11.6 Å². The van der Waals surface area contributed by atoms with E-state index in [1.807, 2.05) is 25.1 Å². The molecule has 13 heteroatoms. The lowest BCUT2D eigenvalue weighted by Crippen LogP contribution is -2.36. The van der Waals surface area contributed by atoms with Crippen LogP contribution in [-0.2, 0) is 9.47 Å². The van der Waals surface area contributed by atoms with Crippen molar-refractivity contribution in [1.29, 1.82) is 0 Å². The summed E-state index contributed by atoms with van der Waals surface area (Å²) in [5.41, 5.74) is 4.14. The number of ether oxygens (including phenoxy) is 4. The number of rotatable bonds is 8. The molecule has 11 nitrogen and oxygen atoms in total. The summed E-state index contributed by atoms with van der Waals surface area (Å²) in [5.74, 6) is 0.715. The predicted octanol–water partition coefficient (Wildman–Crippen LogP) is 5.61. The molecule has 1 saturated heterocycles. The number of fused-ring (bicyclic) bond motifs is 2. The van der Waals surface area contributed by atoms with Crippen molar-refractivity contribution in [2.75, 3.05) is 50.2 Å². The van der Waals surface area contributed by atoms with Crippen molar-refractivity contribution in [2.45, 2.75) is 20.0 Å². The highest BCUT2D eigenvalue weighted by atomic mass is 32.1. The van der Waals surface area contributed by atoms with Crippen molar-refractivity contribution >= 4 is 50.2 Å². The molecule has 1 aliphatic heterocycles. The molecule has 1 fully saturated rings. The maximum atomic E-state index is 15.0. The van der Waals surface area contributed by atoms with Gasteiger partial charge in [0.2, 0.25) is 5.88 Å². The molecule has 1 N–H and O–H groups in total. The molecule has 1 aliphatic rings. The molecule has 3 aromatic heterocycles. The van der Waals surface area contributed by atoms with Gasteiger partial charge in [-0.05, 0) is 43.7 Å². The molecule has 0 saturated carbocycles. The van der Waals surface area contributed by atoms with Crippen molar-refractivity contribution in [1.82, 2.24) is 19.9 Å². The van der Waals surface area contributed by atoms with Gasteiger partial charge >= 0.3 is 6.09 Å². The maximum Gasteiger partial charge on any atom is 0.411 e. The Bertz CT molecular complexity index is 1780. The highest BCUT2D eigenvalue weighted by Crippen LogP contribution is 2.37. The minimum Gasteiger partial charge on any atom is -0.484 e. The van der Waals surface area contributed by atoms with Crippen molar-refractivity contribution in [3.8, 4) is 22.2 Å². The summed E-state index contributed by atoms with van der Waals surface area (Å²) in [6.07, 6.45) is 1.86. The summed E-state index contributed by atoms with van der Waals surface area (Å²) in [6.45, 7) is 6.43. The number of morpholine rings is 1. The zero-order valence-corrected chi connectivity index (χ0v) is 24.6. The smallest absolute Gasteiger partial charge is 0.411 e. The number of aromatic nitrogens is 4. The van der Waals surface area contributed by atoms with Gasteiger partial charge in [-0.25, -0.2) is 29.1 Å². The van der Waals surface area contributed by atoms with Crippen LogP contribution in [0.25, 0.3) is 31.8 Å². The molecular weight excluding hydrogens is 575 g/mol. The molecule has 0 spiro atoms. The van der Waals surface area contributed by atoms with Crippen LogP contribution in [0.3, 0.4) is 0 Å². The Labute approximate surface area is 250 Å². The standard InChI is InChI=1S/C30H29FN6O5S/c1-17-10-20(28-23(11-17)35-27(39-3)15-33-28)29-36-22-12-21(31)24(13-25(22)43-29)42-18(2)16-41-30(38)34-19-4-5-26(32-14-19)37-6-8-40-9-7-37/h4-5,10-15,18H,6-9,16H2,1-3H3,(H,34,38)/t18-/m0/s1. The first-order valence-corrected chi connectivity index (χ1v) is 14.5. The molecule has 222 valence electrons. The monoisotopic (exact) mass is 604 g/mol. The fourth-order valence-electron chi connectivity index (χ4n) is 4.68. The second kappa shape index (κ2) is 12.3. The van der Waals surface area contributed by atoms with Crippen LogP contribution in [0.5, 0.6) is 11.6 Å². The average Bonchev–Trinajstić information content (AvgIpc) is 3.42. The Morgan fingerprint density at radius 2 is 1.95 bits per heavy atom. The normalized spacial score (nSPS) is 14.1. The number of pyridine rings is 1. The lowest BCUT2D eigenvalue weighted by Gasteiger charge is -2.27. The lowest BCUT2D eigenvalue weighted by atomic mass is 10.1. The molecule has 0 radical (unpaired) electrons. The number of carbonyl (C=O) groups excluding carboxylic acids is 1. The van der Waals surface area contributed by atoms with E-state index in [1.54, 1.807) is 38.6 Å². The molecule has 0 unspecified atom stereocenters. The van der Waals surface area contributed by atoms with Gasteiger partial charge in [-0.3, -0.25) is 5.32 Å². The second-order valence-corrected chi connectivity index (χ2v) is 11.0. The first-order valence-electron chi connectivity index (χ1n) is 13.7. The number of benzene rings is 2. The summed E-state index contributed by atoms with van der Waals surface area (Å²) in [4.78, 5) is 32.5. The molecule has 0 bridgehead atoms. The van der Waals surface area contributed by atoms with Gasteiger partial charge in [0.1, 0.15) is 23.5 Å². The summed E-state index contributed by atoms with van der Waals surface area (Å²) >= 11 is 1.40. The summed E-state index contributed by atoms with van der Waals surface area (Å²) in [6, 6.07) is 10.4. The average molecular weight is 605 g/mol. The van der Waals surface area contributed by atoms with E-state index in [2.05, 4.69) is 30.2 Å². The Kier molecular flexibility index (Phi) is 8.16. The van der Waals surface area contributed by atoms with Crippen LogP contribution in [0.1, 0.15) is 12.5 Å². The van der Waals surface area contributed by atoms with Crippen LogP contribution >= 0.6 is 11.3 Å². The van der Waals surface area contributed by atoms with Crippen molar-refractivity contribution in [3.05, 3.63) is 60.2 Å². The molecule has 1 amide bonds. The number of thiazole rings is 1. The minimum absolute atomic E-state index is 0.0423. The summed E-state index contributed by atoms with van der Waals surface area (Å²) < 4.78 is 37.4. The van der Waals surface area contributed by atoms with E-state index in [0.717, 1.165) is 34.7 Å². The predicted molar refractivity (Wildman–Crippen MR) is 162 cm³/mol. The number of hydrogen-bond acceptors (Lipinski definition) is 11. The summed E-state index contributed by atoms with van der Waals surface area (Å²) in [5, 5.41) is 3.33. The van der Waals surface area contributed by atoms with Crippen LogP contribution < -0.4 is 19.7 Å². The van der Waals surface area contributed by atoms with Crippen molar-refractivity contribution < 1.29 is 28.1 Å². The molecule has 5 aromatic rings. The van der Waals surface area contributed by atoms with Crippen molar-refractivity contribution in [2.24, 2.45) is 0 Å². The first-order chi connectivity index (χ1) is 20.9. The molecule has 4 heterocycles. The van der Waals surface area contributed by atoms with Gasteiger partial charge in [0, 0.05) is 30.8 Å². The molecular formula is C30H29FN6O5S. The Hall–Kier alpha value is -4.62. The molecule has 0 aliphatic carbocycles. The molecule has 6 rings (SSSR count). The molecule has 43 heavy (non-hydrogen) atoms. The van der Waals surface area contributed by atoms with Gasteiger partial charge in [0.25, 0.3) is 0 Å². The maximum absolute atomic E-state index is 15.0. The van der Waals surface area contributed by atoms with Crippen molar-refractivity contribution in [3.63, 3.8) is 0 Å². The van der Waals surface area contributed by atoms with E-state index in [-0.39, 0.29) is 12.4 Å². The van der Waals surface area contributed by atoms with Gasteiger partial charge in [-0.2, -0.15) is 0 Å². The quantitative estimate of drug-likeness (QED) is 0.239. The third-order valence-electron chi connectivity index (χ3n) is 6.76. The number of halogens is 1. The minimum atomic E-state index is -0.662. The third kappa shape index (κ3) is 6.42. The number of anilines is 2.